The van der Waals surface area contributed by atoms with Gasteiger partial charge in [-0.1, -0.05) is 0 Å². The third kappa shape index (κ3) is 5.07. The molecule has 2 N–H and O–H groups in total. The van der Waals surface area contributed by atoms with Gasteiger partial charge in [0.15, 0.2) is 0 Å². The van der Waals surface area contributed by atoms with Gasteiger partial charge < -0.3 is 10.2 Å². The molecule has 0 aromatic carbocycles. The van der Waals surface area contributed by atoms with Gasteiger partial charge in [-0.25, -0.2) is 8.78 Å². The Morgan fingerprint density at radius 3 is 0.881 bits per heavy atom. The van der Waals surface area contributed by atoms with Crippen molar-refractivity contribution in [1.29, 1.82) is 0 Å². The lowest BCUT2D eigenvalue weighted by atomic mass is 9.84. The number of aliphatic hydroxyl groups is 2. The van der Waals surface area contributed by atoms with E-state index in [0.29, 0.717) is 0 Å². The molecule has 254 valence electrons. The highest BCUT2D eigenvalue weighted by Crippen LogP contribution is 2.67. The fourth-order valence-electron chi connectivity index (χ4n) is 2.55. The van der Waals surface area contributed by atoms with Gasteiger partial charge in [0.1, 0.15) is 0 Å². The van der Waals surface area contributed by atoms with Crippen molar-refractivity contribution in [2.75, 3.05) is 6.61 Å². The van der Waals surface area contributed by atoms with E-state index < -0.39 is 97.1 Å². The minimum Gasteiger partial charge on any atom is -0.394 e. The van der Waals surface area contributed by atoms with E-state index in [9.17, 15) is 105 Å². The molecule has 42 heavy (non-hydrogen) atoms. The second kappa shape index (κ2) is 10.7. The summed E-state index contributed by atoms with van der Waals surface area (Å²) in [4.78, 5) is 0. The number of hydrogen-bond acceptors (Lipinski definition) is 2. The van der Waals surface area contributed by atoms with Crippen LogP contribution in [0.1, 0.15) is 12.8 Å². The van der Waals surface area contributed by atoms with Gasteiger partial charge in [-0.2, -0.15) is 96.6 Å². The highest BCUT2D eigenvalue weighted by Gasteiger charge is 2.98. The van der Waals surface area contributed by atoms with Gasteiger partial charge in [0.05, 0.1) is 12.7 Å². The molecule has 26 heteroatoms. The van der Waals surface area contributed by atoms with E-state index in [2.05, 4.69) is 0 Å². The summed E-state index contributed by atoms with van der Waals surface area (Å²) < 4.78 is 320. The van der Waals surface area contributed by atoms with E-state index in [4.69, 9.17) is 10.2 Å². The minimum absolute atomic E-state index is 1.66. The molecule has 0 aliphatic heterocycles. The van der Waals surface area contributed by atoms with Gasteiger partial charge in [-0.3, -0.25) is 0 Å². The van der Waals surface area contributed by atoms with Crippen LogP contribution in [0.3, 0.4) is 0 Å². The molecule has 0 aromatic rings. The lowest BCUT2D eigenvalue weighted by Gasteiger charge is -2.45. The Morgan fingerprint density at radius 1 is 0.405 bits per heavy atom. The molecule has 0 rings (SSSR count). The summed E-state index contributed by atoms with van der Waals surface area (Å²) in [7, 11) is 0. The van der Waals surface area contributed by atoms with Crippen LogP contribution in [0.15, 0.2) is 0 Å². The third-order valence-corrected chi connectivity index (χ3v) is 5.31. The van der Waals surface area contributed by atoms with Gasteiger partial charge in [-0.15, -0.1) is 0 Å². The summed E-state index contributed by atoms with van der Waals surface area (Å²) in [6.45, 7) is -1.66. The van der Waals surface area contributed by atoms with E-state index in [1.54, 1.807) is 0 Å². The summed E-state index contributed by atoms with van der Waals surface area (Å²) in [5.41, 5.74) is 0. The predicted octanol–water partition coefficient (Wildman–Crippen LogP) is 7.37. The first kappa shape index (κ1) is 40.2. The maximum absolute atomic E-state index is 13.7. The Hall–Kier alpha value is -1.76. The maximum Gasteiger partial charge on any atom is 0.385 e. The molecule has 0 aliphatic rings. The molecule has 0 aromatic heterocycles. The van der Waals surface area contributed by atoms with Crippen molar-refractivity contribution in [3.05, 3.63) is 0 Å². The smallest absolute Gasteiger partial charge is 0.385 e. The van der Waals surface area contributed by atoms with Crippen LogP contribution >= 0.6 is 0 Å². The normalized spacial score (nSPS) is 17.2. The summed E-state index contributed by atoms with van der Waals surface area (Å²) in [5.74, 6) is -96.6. The fraction of sp³-hybridized carbons (Fsp3) is 1.00. The third-order valence-electron chi connectivity index (χ3n) is 5.31. The van der Waals surface area contributed by atoms with Crippen molar-refractivity contribution in [3.8, 4) is 0 Å². The van der Waals surface area contributed by atoms with Crippen molar-refractivity contribution in [3.63, 3.8) is 0 Å². The van der Waals surface area contributed by atoms with Crippen LogP contribution in [0.2, 0.25) is 0 Å². The largest absolute Gasteiger partial charge is 0.394 e. The molecule has 0 saturated carbocycles. The molecule has 0 radical (unpaired) electrons. The van der Waals surface area contributed by atoms with E-state index in [1.807, 2.05) is 0 Å². The molecular formula is C16H10F24O2. The van der Waals surface area contributed by atoms with Crippen LogP contribution < -0.4 is 0 Å². The zero-order valence-corrected chi connectivity index (χ0v) is 18.7. The maximum atomic E-state index is 13.7. The van der Waals surface area contributed by atoms with Gasteiger partial charge in [-0.05, 0) is 6.42 Å². The van der Waals surface area contributed by atoms with E-state index in [0.717, 1.165) is 0 Å². The number of aliphatic hydroxyl groups excluding tert-OH is 2. The minimum atomic E-state index is -9.51. The molecule has 0 aliphatic carbocycles. The van der Waals surface area contributed by atoms with Crippen molar-refractivity contribution < 1.29 is 116 Å². The van der Waals surface area contributed by atoms with Crippen molar-refractivity contribution >= 4 is 0 Å². The lowest BCUT2D eigenvalue weighted by molar-refractivity contribution is -0.476. The number of halogens is 24. The van der Waals surface area contributed by atoms with Crippen molar-refractivity contribution in [2.24, 2.45) is 0 Å². The topological polar surface area (TPSA) is 40.5 Å². The quantitative estimate of drug-likeness (QED) is 0.176. The Bertz CT molecular complexity index is 939. The zero-order chi connectivity index (χ0) is 34.8. The van der Waals surface area contributed by atoms with Crippen LogP contribution in [-0.2, 0) is 0 Å². The molecule has 0 heterocycles. The van der Waals surface area contributed by atoms with E-state index in [1.165, 1.54) is 0 Å². The average Bonchev–Trinajstić information content (AvgIpc) is 2.80. The van der Waals surface area contributed by atoms with Gasteiger partial charge >= 0.3 is 71.6 Å². The number of rotatable bonds is 15. The highest BCUT2D eigenvalue weighted by atomic mass is 19.4. The summed E-state index contributed by atoms with van der Waals surface area (Å²) >= 11 is 0. The van der Waals surface area contributed by atoms with Gasteiger partial charge in [0, 0.05) is 6.42 Å². The molecule has 0 fully saturated rings. The lowest BCUT2D eigenvalue weighted by Crippen LogP contribution is -2.78. The van der Waals surface area contributed by atoms with E-state index in [-0.39, 0.29) is 0 Å². The molecule has 1 unspecified atom stereocenters. The Balaban J connectivity index is 7.15. The van der Waals surface area contributed by atoms with Crippen LogP contribution in [0, 0.1) is 0 Å². The molecule has 2 nitrogen and oxygen atoms in total. The molecule has 0 saturated heterocycles. The van der Waals surface area contributed by atoms with Crippen LogP contribution in [0.4, 0.5) is 105 Å². The predicted molar refractivity (Wildman–Crippen MR) is 82.7 cm³/mol. The summed E-state index contributed by atoms with van der Waals surface area (Å²) in [5, 5.41) is 17.0. The first-order valence-corrected chi connectivity index (χ1v) is 9.63. The number of hydrogen-bond donors (Lipinski definition) is 2. The molecule has 0 bridgehead atoms. The summed E-state index contributed by atoms with van der Waals surface area (Å²) in [6.07, 6.45) is -13.9. The molecular weight excluding hydrogens is 680 g/mol. The number of alkyl halides is 24. The van der Waals surface area contributed by atoms with Crippen molar-refractivity contribution in [1.82, 2.24) is 0 Å². The van der Waals surface area contributed by atoms with Crippen LogP contribution in [0.25, 0.3) is 0 Å². The Morgan fingerprint density at radius 2 is 0.643 bits per heavy atom. The molecule has 0 spiro atoms. The van der Waals surface area contributed by atoms with Gasteiger partial charge in [0.2, 0.25) is 0 Å². The Labute approximate surface area is 214 Å². The van der Waals surface area contributed by atoms with Crippen LogP contribution in [0.5, 0.6) is 0 Å². The SMILES string of the molecule is OCC(O)CCC(F)(F)C(F)(F)C(F)(F)C(F)(F)C(F)(F)C(F)(F)C(F)(F)C(F)(F)C(F)(F)C(F)(F)C(F)(F)C(F)F. The van der Waals surface area contributed by atoms with Gasteiger partial charge in [0.25, 0.3) is 0 Å². The molecule has 0 amide bonds. The first-order chi connectivity index (χ1) is 17.9. The standard InChI is InChI=1S/C16H10F24O2/c17-5(18)7(21,22)9(25,26)11(29,30)13(33,34)15(37,38)16(39,40)14(35,36)12(31,32)10(27,28)8(23,24)6(19,20)2-1-4(42)3-41/h4-5,41-42H,1-3H2. The molecule has 1 atom stereocenters. The zero-order valence-electron chi connectivity index (χ0n) is 18.7. The van der Waals surface area contributed by atoms with Crippen LogP contribution in [-0.4, -0.2) is 94.5 Å². The highest BCUT2D eigenvalue weighted by molar-refractivity contribution is 5.19. The average molecular weight is 690 g/mol. The Kier molecular flexibility index (Phi) is 10.2. The monoisotopic (exact) mass is 690 g/mol. The first-order valence-electron chi connectivity index (χ1n) is 9.63. The van der Waals surface area contributed by atoms with E-state index >= 15 is 0 Å². The fourth-order valence-corrected chi connectivity index (χ4v) is 2.55. The second-order valence-electron chi connectivity index (χ2n) is 8.17. The second-order valence-corrected chi connectivity index (χ2v) is 8.17. The van der Waals surface area contributed by atoms with Crippen molar-refractivity contribution in [2.45, 2.75) is 90.5 Å². The summed E-state index contributed by atoms with van der Waals surface area (Å²) in [6, 6.07) is 0.